The number of carbonyl (C=O) groups excluding carboxylic acids is 2. The van der Waals surface area contributed by atoms with E-state index in [0.717, 1.165) is 65.8 Å². The number of benzene rings is 2. The van der Waals surface area contributed by atoms with Gasteiger partial charge in [0.05, 0.1) is 11.7 Å². The first-order valence-corrected chi connectivity index (χ1v) is 12.4. The Bertz CT molecular complexity index is 1270. The third-order valence-corrected chi connectivity index (χ3v) is 7.60. The maximum Gasteiger partial charge on any atom is 0.305 e. The second kappa shape index (κ2) is 9.33. The van der Waals surface area contributed by atoms with Crippen molar-refractivity contribution in [2.24, 2.45) is 4.99 Å². The topological polar surface area (TPSA) is 74.7 Å². The molecule has 1 fully saturated rings. The molecule has 2 heterocycles. The lowest BCUT2D eigenvalue weighted by molar-refractivity contribution is 0.0939. The average molecular weight is 481 g/mol. The monoisotopic (exact) mass is 480 g/mol. The van der Waals surface area contributed by atoms with Gasteiger partial charge < -0.3 is 10.2 Å². The van der Waals surface area contributed by atoms with E-state index in [9.17, 15) is 9.59 Å². The van der Waals surface area contributed by atoms with E-state index in [1.807, 2.05) is 30.3 Å². The molecule has 3 aromatic rings. The van der Waals surface area contributed by atoms with Crippen LogP contribution in [-0.4, -0.2) is 47.0 Å². The lowest BCUT2D eigenvalue weighted by atomic mass is 9.92. The highest BCUT2D eigenvalue weighted by Gasteiger charge is 2.26. The zero-order chi connectivity index (χ0) is 22.9. The molecule has 0 unspecified atom stereocenters. The van der Waals surface area contributed by atoms with Gasteiger partial charge in [0.1, 0.15) is 0 Å². The first kappa shape index (κ1) is 22.2. The SMILES string of the molecule is CN1CCc2nc(C(=O)N=C3CCCC[C@@H]3NC(=O)c3ccc4cc(Cl)ccc4c3)sc2C1. The molecule has 170 valence electrons. The van der Waals surface area contributed by atoms with Gasteiger partial charge >= 0.3 is 5.91 Å². The van der Waals surface area contributed by atoms with Crippen molar-refractivity contribution in [2.75, 3.05) is 13.6 Å². The number of thiazole rings is 1. The normalized spacial score (nSPS) is 20.1. The molecule has 2 aliphatic rings. The Morgan fingerprint density at radius 3 is 2.85 bits per heavy atom. The van der Waals surface area contributed by atoms with E-state index in [-0.39, 0.29) is 17.9 Å². The standard InChI is InChI=1S/C25H25ClN4O2S/c1-30-11-10-21-22(14-30)33-25(29-21)24(32)28-20-5-3-2-4-19(20)27-23(31)17-7-6-16-13-18(26)9-8-15(16)12-17/h6-9,12-13,19H,2-5,10-11,14H2,1H3,(H,27,31)/t19-/m0/s1. The minimum absolute atomic E-state index is 0.161. The second-order valence-electron chi connectivity index (χ2n) is 8.76. The lowest BCUT2D eigenvalue weighted by Gasteiger charge is -2.25. The summed E-state index contributed by atoms with van der Waals surface area (Å²) in [5.74, 6) is -0.456. The summed E-state index contributed by atoms with van der Waals surface area (Å²) in [6.45, 7) is 1.78. The molecule has 1 aromatic heterocycles. The maximum atomic E-state index is 13.0. The average Bonchev–Trinajstić information content (AvgIpc) is 3.23. The van der Waals surface area contributed by atoms with Gasteiger partial charge in [-0.15, -0.1) is 11.3 Å². The van der Waals surface area contributed by atoms with Gasteiger partial charge in [-0.05, 0) is 61.3 Å². The summed E-state index contributed by atoms with van der Waals surface area (Å²) in [6.07, 6.45) is 4.31. The fraction of sp³-hybridized carbons (Fsp3) is 0.360. The number of likely N-dealkylation sites (N-methyl/N-ethyl adjacent to an activating group) is 1. The predicted octanol–water partition coefficient (Wildman–Crippen LogP) is 4.89. The number of hydrogen-bond acceptors (Lipinski definition) is 5. The molecule has 0 radical (unpaired) electrons. The van der Waals surface area contributed by atoms with Crippen LogP contribution in [-0.2, 0) is 13.0 Å². The molecule has 5 rings (SSSR count). The number of nitrogens with zero attached hydrogens (tertiary/aromatic N) is 3. The van der Waals surface area contributed by atoms with Crippen molar-refractivity contribution >= 4 is 51.2 Å². The van der Waals surface area contributed by atoms with Crippen LogP contribution in [0.4, 0.5) is 0 Å². The summed E-state index contributed by atoms with van der Waals surface area (Å²) in [4.78, 5) is 38.3. The van der Waals surface area contributed by atoms with Crippen LogP contribution in [0.2, 0.25) is 5.02 Å². The van der Waals surface area contributed by atoms with Crippen LogP contribution in [0.5, 0.6) is 0 Å². The number of hydrogen-bond donors (Lipinski definition) is 1. The van der Waals surface area contributed by atoms with Gasteiger partial charge in [0.2, 0.25) is 0 Å². The van der Waals surface area contributed by atoms with E-state index in [1.54, 1.807) is 6.07 Å². The van der Waals surface area contributed by atoms with Crippen LogP contribution < -0.4 is 5.32 Å². The minimum Gasteiger partial charge on any atom is -0.344 e. The van der Waals surface area contributed by atoms with Crippen molar-refractivity contribution in [1.82, 2.24) is 15.2 Å². The predicted molar refractivity (Wildman–Crippen MR) is 133 cm³/mol. The van der Waals surface area contributed by atoms with Gasteiger partial charge in [-0.1, -0.05) is 30.2 Å². The third kappa shape index (κ3) is 4.86. The Hall–Kier alpha value is -2.61. The number of amides is 2. The maximum absolute atomic E-state index is 13.0. The molecule has 1 saturated carbocycles. The number of aromatic nitrogens is 1. The molecule has 0 spiro atoms. The Morgan fingerprint density at radius 2 is 1.97 bits per heavy atom. The zero-order valence-corrected chi connectivity index (χ0v) is 20.0. The summed E-state index contributed by atoms with van der Waals surface area (Å²) in [5, 5.41) is 6.16. The highest BCUT2D eigenvalue weighted by Crippen LogP contribution is 2.26. The fourth-order valence-corrected chi connectivity index (χ4v) is 5.73. The zero-order valence-electron chi connectivity index (χ0n) is 18.4. The van der Waals surface area contributed by atoms with Crippen molar-refractivity contribution in [3.05, 3.63) is 62.6 Å². The van der Waals surface area contributed by atoms with Crippen LogP contribution in [0.15, 0.2) is 41.4 Å². The fourth-order valence-electron chi connectivity index (χ4n) is 4.48. The van der Waals surface area contributed by atoms with Crippen LogP contribution in [0.3, 0.4) is 0 Å². The van der Waals surface area contributed by atoms with E-state index in [1.165, 1.54) is 11.3 Å². The van der Waals surface area contributed by atoms with E-state index >= 15 is 0 Å². The van der Waals surface area contributed by atoms with Crippen LogP contribution in [0.25, 0.3) is 10.8 Å². The Balaban J connectivity index is 1.33. The quantitative estimate of drug-likeness (QED) is 0.579. The van der Waals surface area contributed by atoms with Crippen LogP contribution >= 0.6 is 22.9 Å². The number of fused-ring (bicyclic) bond motifs is 2. The minimum atomic E-state index is -0.296. The summed E-state index contributed by atoms with van der Waals surface area (Å²) in [7, 11) is 2.07. The Morgan fingerprint density at radius 1 is 1.15 bits per heavy atom. The molecule has 0 saturated heterocycles. The molecule has 2 amide bonds. The third-order valence-electron chi connectivity index (χ3n) is 6.30. The molecule has 6 nitrogen and oxygen atoms in total. The first-order valence-electron chi connectivity index (χ1n) is 11.3. The molecule has 1 aliphatic carbocycles. The van der Waals surface area contributed by atoms with Gasteiger partial charge in [-0.3, -0.25) is 9.59 Å². The smallest absolute Gasteiger partial charge is 0.305 e. The van der Waals surface area contributed by atoms with Crippen molar-refractivity contribution in [1.29, 1.82) is 0 Å². The van der Waals surface area contributed by atoms with Gasteiger partial charge in [-0.25, -0.2) is 9.98 Å². The van der Waals surface area contributed by atoms with Crippen LogP contribution in [0, 0.1) is 0 Å². The molecule has 1 atom stereocenters. The highest BCUT2D eigenvalue weighted by atomic mass is 35.5. The van der Waals surface area contributed by atoms with Crippen molar-refractivity contribution < 1.29 is 9.59 Å². The summed E-state index contributed by atoms with van der Waals surface area (Å²) in [6, 6.07) is 10.9. The van der Waals surface area contributed by atoms with E-state index in [0.29, 0.717) is 22.0 Å². The highest BCUT2D eigenvalue weighted by molar-refractivity contribution is 7.13. The molecule has 8 heteroatoms. The first-order chi connectivity index (χ1) is 16.0. The molecule has 1 aliphatic heterocycles. The van der Waals surface area contributed by atoms with Gasteiger partial charge in [0.15, 0.2) is 5.01 Å². The van der Waals surface area contributed by atoms with Crippen LogP contribution in [0.1, 0.15) is 56.4 Å². The van der Waals surface area contributed by atoms with E-state index in [4.69, 9.17) is 11.6 Å². The second-order valence-corrected chi connectivity index (χ2v) is 10.3. The summed E-state index contributed by atoms with van der Waals surface area (Å²) in [5.41, 5.74) is 2.35. The van der Waals surface area contributed by atoms with Gasteiger partial charge in [0.25, 0.3) is 5.91 Å². The van der Waals surface area contributed by atoms with E-state index < -0.39 is 0 Å². The largest absolute Gasteiger partial charge is 0.344 e. The number of carbonyl (C=O) groups is 2. The van der Waals surface area contributed by atoms with Crippen molar-refractivity contribution in [2.45, 2.75) is 44.7 Å². The molecular weight excluding hydrogens is 456 g/mol. The Labute approximate surface area is 201 Å². The lowest BCUT2D eigenvalue weighted by Crippen LogP contribution is -2.43. The molecule has 0 bridgehead atoms. The van der Waals surface area contributed by atoms with Gasteiger partial charge in [-0.2, -0.15) is 0 Å². The number of nitrogens with one attached hydrogen (secondary N) is 1. The van der Waals surface area contributed by atoms with Gasteiger partial charge in [0, 0.05) is 40.7 Å². The van der Waals surface area contributed by atoms with Crippen molar-refractivity contribution in [3.8, 4) is 0 Å². The molecule has 2 aromatic carbocycles. The number of halogens is 1. The Kier molecular flexibility index (Phi) is 6.27. The number of rotatable bonds is 3. The van der Waals surface area contributed by atoms with Crippen molar-refractivity contribution in [3.63, 3.8) is 0 Å². The molecular formula is C25H25ClN4O2S. The van der Waals surface area contributed by atoms with E-state index in [2.05, 4.69) is 27.2 Å². The number of aliphatic imine (C=N–C) groups is 1. The molecule has 33 heavy (non-hydrogen) atoms. The summed E-state index contributed by atoms with van der Waals surface area (Å²) >= 11 is 7.51. The summed E-state index contributed by atoms with van der Waals surface area (Å²) < 4.78 is 0. The molecule has 1 N–H and O–H groups in total.